The Balaban J connectivity index is 1.64. The van der Waals surface area contributed by atoms with Crippen molar-refractivity contribution in [3.8, 4) is 5.88 Å². The van der Waals surface area contributed by atoms with Crippen LogP contribution in [0, 0.1) is 5.82 Å². The third kappa shape index (κ3) is 3.75. The summed E-state index contributed by atoms with van der Waals surface area (Å²) in [6.07, 6.45) is -0.764. The molecule has 1 aliphatic heterocycles. The van der Waals surface area contributed by atoms with Crippen LogP contribution in [-0.2, 0) is 10.3 Å². The number of halogens is 3. The van der Waals surface area contributed by atoms with E-state index in [2.05, 4.69) is 20.3 Å². The largest absolute Gasteiger partial charge is 0.480 e. The van der Waals surface area contributed by atoms with Gasteiger partial charge in [0, 0.05) is 11.3 Å². The molecule has 0 spiro atoms. The van der Waals surface area contributed by atoms with Crippen LogP contribution in [0.3, 0.4) is 0 Å². The number of carbonyl (C=O) groups is 1. The van der Waals surface area contributed by atoms with Crippen molar-refractivity contribution in [1.82, 2.24) is 9.97 Å². The molecule has 2 heterocycles. The van der Waals surface area contributed by atoms with Gasteiger partial charge >= 0.3 is 0 Å². The number of nitrogens with two attached hydrogens (primary N) is 1. The molecule has 0 bridgehead atoms. The van der Waals surface area contributed by atoms with Crippen molar-refractivity contribution < 1.29 is 27.4 Å². The number of aromatic nitrogens is 2. The maximum Gasteiger partial charge on any atom is 0.283 e. The zero-order valence-corrected chi connectivity index (χ0v) is 16.7. The molecule has 2 aromatic rings. The van der Waals surface area contributed by atoms with Gasteiger partial charge in [-0.1, -0.05) is 0 Å². The van der Waals surface area contributed by atoms with E-state index in [1.54, 1.807) is 0 Å². The van der Waals surface area contributed by atoms with Crippen LogP contribution in [0.4, 0.5) is 18.9 Å². The molecule has 1 saturated carbocycles. The number of nitrogens with zero attached hydrogens (tertiary/aromatic N) is 3. The lowest BCUT2D eigenvalue weighted by atomic mass is 9.82. The summed E-state index contributed by atoms with van der Waals surface area (Å²) < 4.78 is 54.7. The van der Waals surface area contributed by atoms with Crippen LogP contribution in [0.5, 0.6) is 5.88 Å². The molecular formula is C20H20F3N5O3. The van der Waals surface area contributed by atoms with Crippen molar-refractivity contribution in [2.45, 2.75) is 43.2 Å². The highest BCUT2D eigenvalue weighted by Gasteiger charge is 2.62. The third-order valence-electron chi connectivity index (χ3n) is 5.47. The van der Waals surface area contributed by atoms with Gasteiger partial charge in [0.1, 0.15) is 17.1 Å². The molecule has 3 atom stereocenters. The lowest BCUT2D eigenvalue weighted by molar-refractivity contribution is -0.0388. The summed E-state index contributed by atoms with van der Waals surface area (Å²) in [6.45, 7) is 1.31. The minimum atomic E-state index is -2.00. The quantitative estimate of drug-likeness (QED) is 0.747. The summed E-state index contributed by atoms with van der Waals surface area (Å²) in [5.41, 5.74) is 1.91. The third-order valence-corrected chi connectivity index (χ3v) is 5.47. The minimum Gasteiger partial charge on any atom is -0.480 e. The topological polar surface area (TPSA) is 112 Å². The SMILES string of the molecule is COc1cnc(C(=O)Nc2ccc(F)c([C@@]3(C)N=C(N)O[C@H](C4(F)CC4)[C@@H]3F)c2)cn1. The second kappa shape index (κ2) is 7.40. The number of methoxy groups -OCH3 is 1. The molecule has 0 radical (unpaired) electrons. The van der Waals surface area contributed by atoms with E-state index in [-0.39, 0.29) is 35.7 Å². The Morgan fingerprint density at radius 3 is 2.68 bits per heavy atom. The summed E-state index contributed by atoms with van der Waals surface area (Å²) >= 11 is 0. The van der Waals surface area contributed by atoms with E-state index < -0.39 is 41.2 Å². The molecule has 3 N–H and O–H groups in total. The Labute approximate surface area is 175 Å². The minimum absolute atomic E-state index is 0.0113. The molecule has 1 aromatic carbocycles. The second-order valence-corrected chi connectivity index (χ2v) is 7.67. The van der Waals surface area contributed by atoms with Crippen molar-refractivity contribution in [2.75, 3.05) is 12.4 Å². The lowest BCUT2D eigenvalue weighted by Crippen LogP contribution is -2.54. The van der Waals surface area contributed by atoms with E-state index >= 15 is 4.39 Å². The maximum absolute atomic E-state index is 15.4. The Morgan fingerprint density at radius 2 is 2.06 bits per heavy atom. The van der Waals surface area contributed by atoms with E-state index in [9.17, 15) is 13.6 Å². The highest BCUT2D eigenvalue weighted by molar-refractivity contribution is 6.02. The van der Waals surface area contributed by atoms with Crippen molar-refractivity contribution in [3.05, 3.63) is 47.7 Å². The summed E-state index contributed by atoms with van der Waals surface area (Å²) in [5.74, 6) is -1.18. The van der Waals surface area contributed by atoms with Crippen molar-refractivity contribution >= 4 is 17.6 Å². The normalized spacial score (nSPS) is 26.4. The first-order valence-corrected chi connectivity index (χ1v) is 9.49. The Kier molecular flexibility index (Phi) is 4.98. The van der Waals surface area contributed by atoms with Crippen molar-refractivity contribution in [1.29, 1.82) is 0 Å². The van der Waals surface area contributed by atoms with Gasteiger partial charge in [0.2, 0.25) is 5.88 Å². The zero-order chi connectivity index (χ0) is 22.4. The maximum atomic E-state index is 15.4. The van der Waals surface area contributed by atoms with Crippen LogP contribution < -0.4 is 15.8 Å². The number of benzene rings is 1. The number of amides is 1. The number of nitrogens with one attached hydrogen (secondary N) is 1. The van der Waals surface area contributed by atoms with E-state index in [1.165, 1.54) is 38.6 Å². The first-order valence-electron chi connectivity index (χ1n) is 9.49. The van der Waals surface area contributed by atoms with Gasteiger partial charge in [0.25, 0.3) is 11.9 Å². The molecule has 0 unspecified atom stereocenters. The standard InChI is InChI=1S/C20H20F3N5O3/c1-19(15(22)16(20(23)5-6-20)31-18(24)28-19)11-7-10(3-4-12(11)21)27-17(29)13-8-26-14(30-2)9-25-13/h3-4,7-9,15-16H,5-6H2,1-2H3,(H2,24,28)(H,27,29)/t15-,16-,19+/m0/s1. The summed E-state index contributed by atoms with van der Waals surface area (Å²) in [5, 5.41) is 2.54. The van der Waals surface area contributed by atoms with Crippen LogP contribution >= 0.6 is 0 Å². The van der Waals surface area contributed by atoms with E-state index in [0.29, 0.717) is 0 Å². The Hall–Kier alpha value is -3.37. The lowest BCUT2D eigenvalue weighted by Gasteiger charge is -2.39. The summed E-state index contributed by atoms with van der Waals surface area (Å²) in [7, 11) is 1.41. The molecule has 4 rings (SSSR count). The summed E-state index contributed by atoms with van der Waals surface area (Å²) in [4.78, 5) is 24.2. The number of amidine groups is 1. The fraction of sp³-hybridized carbons (Fsp3) is 0.400. The molecule has 8 nitrogen and oxygen atoms in total. The van der Waals surface area contributed by atoms with Gasteiger partial charge in [-0.3, -0.25) is 4.79 Å². The molecular weight excluding hydrogens is 415 g/mol. The molecule has 1 amide bonds. The number of hydrogen-bond acceptors (Lipinski definition) is 7. The Bertz CT molecular complexity index is 1040. The Morgan fingerprint density at radius 1 is 1.32 bits per heavy atom. The molecule has 0 saturated heterocycles. The molecule has 1 aliphatic carbocycles. The number of hydrogen-bond donors (Lipinski definition) is 2. The van der Waals surface area contributed by atoms with Crippen molar-refractivity contribution in [2.24, 2.45) is 10.7 Å². The van der Waals surface area contributed by atoms with Crippen LogP contribution in [0.15, 0.2) is 35.6 Å². The second-order valence-electron chi connectivity index (χ2n) is 7.67. The van der Waals surface area contributed by atoms with Gasteiger partial charge < -0.3 is 20.5 Å². The van der Waals surface area contributed by atoms with Gasteiger partial charge in [-0.15, -0.1) is 0 Å². The molecule has 31 heavy (non-hydrogen) atoms. The fourth-order valence-corrected chi connectivity index (χ4v) is 3.51. The van der Waals surface area contributed by atoms with Crippen molar-refractivity contribution in [3.63, 3.8) is 0 Å². The van der Waals surface area contributed by atoms with Gasteiger partial charge in [-0.25, -0.2) is 28.1 Å². The van der Waals surface area contributed by atoms with Gasteiger partial charge in [0.05, 0.1) is 19.5 Å². The highest BCUT2D eigenvalue weighted by atomic mass is 19.2. The van der Waals surface area contributed by atoms with E-state index in [0.717, 1.165) is 6.07 Å². The van der Waals surface area contributed by atoms with Crippen LogP contribution in [0.2, 0.25) is 0 Å². The average Bonchev–Trinajstić information content (AvgIpc) is 3.50. The molecule has 2 aliphatic rings. The van der Waals surface area contributed by atoms with Crippen LogP contribution in [0.25, 0.3) is 0 Å². The molecule has 1 fully saturated rings. The van der Waals surface area contributed by atoms with Crippen LogP contribution in [0.1, 0.15) is 35.8 Å². The number of rotatable bonds is 5. The first kappa shape index (κ1) is 20.9. The number of alkyl halides is 2. The predicted octanol–water partition coefficient (Wildman–Crippen LogP) is 2.65. The van der Waals surface area contributed by atoms with E-state index in [1.807, 2.05) is 0 Å². The number of aliphatic imine (C=N–C) groups is 1. The number of ether oxygens (including phenoxy) is 2. The van der Waals surface area contributed by atoms with Gasteiger partial charge in [-0.05, 0) is 38.0 Å². The predicted molar refractivity (Wildman–Crippen MR) is 105 cm³/mol. The number of carbonyl (C=O) groups excluding carboxylic acids is 1. The van der Waals surface area contributed by atoms with Gasteiger partial charge in [-0.2, -0.15) is 0 Å². The summed E-state index contributed by atoms with van der Waals surface area (Å²) in [6, 6.07) is 3.16. The monoisotopic (exact) mass is 435 g/mol. The highest BCUT2D eigenvalue weighted by Crippen LogP contribution is 2.51. The van der Waals surface area contributed by atoms with Crippen LogP contribution in [-0.4, -0.2) is 47.0 Å². The molecule has 164 valence electrons. The first-order chi connectivity index (χ1) is 14.7. The van der Waals surface area contributed by atoms with Gasteiger partial charge in [0.15, 0.2) is 17.9 Å². The number of anilines is 1. The molecule has 11 heteroatoms. The fourth-order valence-electron chi connectivity index (χ4n) is 3.51. The zero-order valence-electron chi connectivity index (χ0n) is 16.7. The smallest absolute Gasteiger partial charge is 0.283 e. The molecule has 1 aromatic heterocycles. The van der Waals surface area contributed by atoms with E-state index in [4.69, 9.17) is 15.2 Å². The average molecular weight is 435 g/mol.